The maximum atomic E-state index is 12.5. The van der Waals surface area contributed by atoms with Crippen LogP contribution in [0.15, 0.2) is 18.3 Å². The van der Waals surface area contributed by atoms with Gasteiger partial charge in [0.25, 0.3) is 0 Å². The van der Waals surface area contributed by atoms with Gasteiger partial charge in [0.15, 0.2) is 0 Å². The third-order valence-electron chi connectivity index (χ3n) is 3.43. The van der Waals surface area contributed by atoms with E-state index >= 15 is 0 Å². The molecule has 0 spiro atoms. The third kappa shape index (κ3) is 3.83. The summed E-state index contributed by atoms with van der Waals surface area (Å²) in [6.07, 6.45) is -0.732. The predicted molar refractivity (Wildman–Crippen MR) is 68.0 cm³/mol. The molecule has 1 unspecified atom stereocenters. The summed E-state index contributed by atoms with van der Waals surface area (Å²) in [5.41, 5.74) is -0.668. The van der Waals surface area contributed by atoms with E-state index in [1.807, 2.05) is 0 Å². The second-order valence-corrected chi connectivity index (χ2v) is 4.90. The van der Waals surface area contributed by atoms with E-state index in [0.29, 0.717) is 12.6 Å². The molecular formula is C13H18F3N3. The van der Waals surface area contributed by atoms with Crippen LogP contribution in [0.2, 0.25) is 0 Å². The van der Waals surface area contributed by atoms with Crippen molar-refractivity contribution < 1.29 is 13.2 Å². The molecule has 0 saturated carbocycles. The molecule has 2 heterocycles. The Kier molecular flexibility index (Phi) is 4.29. The van der Waals surface area contributed by atoms with Gasteiger partial charge in [-0.3, -0.25) is 4.90 Å². The van der Waals surface area contributed by atoms with Crippen molar-refractivity contribution in [1.82, 2.24) is 9.88 Å². The molecule has 0 amide bonds. The molecule has 1 aromatic heterocycles. The van der Waals surface area contributed by atoms with E-state index < -0.39 is 11.7 Å². The molecule has 1 aliphatic rings. The Labute approximate surface area is 110 Å². The van der Waals surface area contributed by atoms with Gasteiger partial charge >= 0.3 is 6.18 Å². The van der Waals surface area contributed by atoms with Gasteiger partial charge in [-0.05, 0) is 45.0 Å². The molecule has 0 aromatic carbocycles. The van der Waals surface area contributed by atoms with Crippen LogP contribution in [0.5, 0.6) is 0 Å². The van der Waals surface area contributed by atoms with Gasteiger partial charge in [-0.2, -0.15) is 13.2 Å². The molecule has 1 fully saturated rings. The zero-order chi connectivity index (χ0) is 13.9. The zero-order valence-electron chi connectivity index (χ0n) is 10.9. The molecule has 1 N–H and O–H groups in total. The Bertz CT molecular complexity index is 414. The highest BCUT2D eigenvalue weighted by atomic mass is 19.4. The second kappa shape index (κ2) is 5.77. The number of aromatic nitrogens is 1. The lowest BCUT2D eigenvalue weighted by Crippen LogP contribution is -2.35. The smallest absolute Gasteiger partial charge is 0.369 e. The van der Waals surface area contributed by atoms with Crippen molar-refractivity contribution in [2.24, 2.45) is 0 Å². The summed E-state index contributed by atoms with van der Waals surface area (Å²) in [6.45, 7) is 4.82. The second-order valence-electron chi connectivity index (χ2n) is 4.90. The van der Waals surface area contributed by atoms with E-state index in [2.05, 4.69) is 22.1 Å². The first-order valence-corrected chi connectivity index (χ1v) is 6.48. The molecule has 6 heteroatoms. The summed E-state index contributed by atoms with van der Waals surface area (Å²) < 4.78 is 37.6. The van der Waals surface area contributed by atoms with Crippen molar-refractivity contribution in [3.05, 3.63) is 23.9 Å². The minimum absolute atomic E-state index is 0.279. The number of rotatable bonds is 4. The predicted octanol–water partition coefficient (Wildman–Crippen LogP) is 3.00. The van der Waals surface area contributed by atoms with Gasteiger partial charge in [-0.25, -0.2) is 4.98 Å². The average molecular weight is 273 g/mol. The fourth-order valence-electron chi connectivity index (χ4n) is 2.27. The first kappa shape index (κ1) is 14.1. The SMILES string of the molecule is CC(CNc1cc(C(F)(F)F)ccn1)N1CCCC1. The Morgan fingerprint density at radius 3 is 2.68 bits per heavy atom. The number of pyridine rings is 1. The van der Waals surface area contributed by atoms with Gasteiger partial charge in [0.2, 0.25) is 0 Å². The molecular weight excluding hydrogens is 255 g/mol. The lowest BCUT2D eigenvalue weighted by Gasteiger charge is -2.24. The molecule has 1 atom stereocenters. The lowest BCUT2D eigenvalue weighted by atomic mass is 10.2. The van der Waals surface area contributed by atoms with Crippen LogP contribution in [-0.2, 0) is 6.18 Å². The number of likely N-dealkylation sites (tertiary alicyclic amines) is 1. The Hall–Kier alpha value is -1.30. The average Bonchev–Trinajstić information content (AvgIpc) is 2.89. The van der Waals surface area contributed by atoms with Crippen LogP contribution < -0.4 is 5.32 Å². The van der Waals surface area contributed by atoms with Crippen LogP contribution in [0, 0.1) is 0 Å². The summed E-state index contributed by atoms with van der Waals surface area (Å²) in [5.74, 6) is 0.279. The normalized spacial score (nSPS) is 18.5. The monoisotopic (exact) mass is 273 g/mol. The van der Waals surface area contributed by atoms with Crippen molar-refractivity contribution in [2.45, 2.75) is 32.0 Å². The van der Waals surface area contributed by atoms with E-state index in [-0.39, 0.29) is 5.82 Å². The van der Waals surface area contributed by atoms with E-state index in [9.17, 15) is 13.2 Å². The van der Waals surface area contributed by atoms with Crippen LogP contribution in [0.3, 0.4) is 0 Å². The standard InChI is InChI=1S/C13H18F3N3/c1-10(19-6-2-3-7-19)9-18-12-8-11(4-5-17-12)13(14,15)16/h4-5,8,10H,2-3,6-7,9H2,1H3,(H,17,18). The molecule has 1 aromatic rings. The van der Waals surface area contributed by atoms with Crippen molar-refractivity contribution in [2.75, 3.05) is 25.0 Å². The van der Waals surface area contributed by atoms with Gasteiger partial charge in [0, 0.05) is 18.8 Å². The summed E-state index contributed by atoms with van der Waals surface area (Å²) in [6, 6.07) is 2.34. The van der Waals surface area contributed by atoms with E-state index in [0.717, 1.165) is 25.2 Å². The molecule has 0 radical (unpaired) electrons. The fraction of sp³-hybridized carbons (Fsp3) is 0.615. The van der Waals surface area contributed by atoms with Gasteiger partial charge < -0.3 is 5.32 Å². The van der Waals surface area contributed by atoms with Crippen LogP contribution in [0.4, 0.5) is 19.0 Å². The van der Waals surface area contributed by atoms with Crippen molar-refractivity contribution in [1.29, 1.82) is 0 Å². The number of nitrogens with one attached hydrogen (secondary N) is 1. The Balaban J connectivity index is 1.92. The third-order valence-corrected chi connectivity index (χ3v) is 3.43. The summed E-state index contributed by atoms with van der Waals surface area (Å²) in [7, 11) is 0. The molecule has 3 nitrogen and oxygen atoms in total. The van der Waals surface area contributed by atoms with Gasteiger partial charge in [-0.15, -0.1) is 0 Å². The quantitative estimate of drug-likeness (QED) is 0.914. The largest absolute Gasteiger partial charge is 0.416 e. The molecule has 2 rings (SSSR count). The van der Waals surface area contributed by atoms with E-state index in [4.69, 9.17) is 0 Å². The van der Waals surface area contributed by atoms with Crippen LogP contribution in [-0.4, -0.2) is 35.6 Å². The first-order chi connectivity index (χ1) is 8.97. The van der Waals surface area contributed by atoms with Crippen LogP contribution >= 0.6 is 0 Å². The fourth-order valence-corrected chi connectivity index (χ4v) is 2.27. The zero-order valence-corrected chi connectivity index (χ0v) is 10.9. The van der Waals surface area contributed by atoms with Crippen molar-refractivity contribution >= 4 is 5.82 Å². The minimum atomic E-state index is -4.32. The maximum Gasteiger partial charge on any atom is 0.416 e. The number of nitrogens with zero attached hydrogens (tertiary/aromatic N) is 2. The number of halogens is 3. The van der Waals surface area contributed by atoms with Gasteiger partial charge in [0.1, 0.15) is 5.82 Å². The van der Waals surface area contributed by atoms with Gasteiger partial charge in [-0.1, -0.05) is 0 Å². The molecule has 1 aliphatic heterocycles. The molecule has 19 heavy (non-hydrogen) atoms. The van der Waals surface area contributed by atoms with Gasteiger partial charge in [0.05, 0.1) is 5.56 Å². The number of alkyl halides is 3. The summed E-state index contributed by atoms with van der Waals surface area (Å²) >= 11 is 0. The summed E-state index contributed by atoms with van der Waals surface area (Å²) in [5, 5.41) is 2.98. The number of hydrogen-bond donors (Lipinski definition) is 1. The highest BCUT2D eigenvalue weighted by molar-refractivity contribution is 5.38. The Morgan fingerprint density at radius 2 is 2.05 bits per heavy atom. The molecule has 0 bridgehead atoms. The topological polar surface area (TPSA) is 28.2 Å². The molecule has 106 valence electrons. The summed E-state index contributed by atoms with van der Waals surface area (Å²) in [4.78, 5) is 6.26. The highest BCUT2D eigenvalue weighted by Gasteiger charge is 2.30. The van der Waals surface area contributed by atoms with Crippen LogP contribution in [0.1, 0.15) is 25.3 Å². The number of hydrogen-bond acceptors (Lipinski definition) is 3. The highest BCUT2D eigenvalue weighted by Crippen LogP contribution is 2.29. The molecule has 0 aliphatic carbocycles. The minimum Gasteiger partial charge on any atom is -0.369 e. The van der Waals surface area contributed by atoms with Crippen molar-refractivity contribution in [3.63, 3.8) is 0 Å². The van der Waals surface area contributed by atoms with E-state index in [1.54, 1.807) is 0 Å². The maximum absolute atomic E-state index is 12.5. The van der Waals surface area contributed by atoms with E-state index in [1.165, 1.54) is 19.0 Å². The first-order valence-electron chi connectivity index (χ1n) is 6.48. The number of anilines is 1. The van der Waals surface area contributed by atoms with Crippen LogP contribution in [0.25, 0.3) is 0 Å². The molecule has 1 saturated heterocycles. The van der Waals surface area contributed by atoms with Crippen molar-refractivity contribution in [3.8, 4) is 0 Å². The Morgan fingerprint density at radius 1 is 1.37 bits per heavy atom. The lowest BCUT2D eigenvalue weighted by molar-refractivity contribution is -0.137.